The van der Waals surface area contributed by atoms with Crippen LogP contribution in [0.1, 0.15) is 46.5 Å². The van der Waals surface area contributed by atoms with Crippen molar-refractivity contribution in [2.45, 2.75) is 68.8 Å². The Morgan fingerprint density at radius 3 is 2.21 bits per heavy atom. The van der Waals surface area contributed by atoms with Gasteiger partial charge in [0.25, 0.3) is 8.32 Å². The van der Waals surface area contributed by atoms with Crippen molar-refractivity contribution >= 4 is 24.5 Å². The number of aliphatic hydroxyl groups is 1. The van der Waals surface area contributed by atoms with E-state index >= 15 is 0 Å². The maximum absolute atomic E-state index is 13.2. The van der Waals surface area contributed by atoms with E-state index in [9.17, 15) is 9.90 Å². The van der Waals surface area contributed by atoms with Gasteiger partial charge in [0.05, 0.1) is 24.2 Å². The number of hydrogen-bond acceptors (Lipinski definition) is 4. The van der Waals surface area contributed by atoms with Crippen molar-refractivity contribution in [2.24, 2.45) is 5.92 Å². The van der Waals surface area contributed by atoms with Crippen LogP contribution in [0.4, 0.5) is 0 Å². The van der Waals surface area contributed by atoms with Gasteiger partial charge in [-0.25, -0.2) is 0 Å². The first-order valence-corrected chi connectivity index (χ1v) is 14.0. The van der Waals surface area contributed by atoms with Crippen molar-refractivity contribution in [1.82, 2.24) is 0 Å². The number of aliphatic hydroxyl groups excluding tert-OH is 1. The summed E-state index contributed by atoms with van der Waals surface area (Å²) in [6.45, 7) is 7.09. The summed E-state index contributed by atoms with van der Waals surface area (Å²) >= 11 is 0. The third-order valence-electron chi connectivity index (χ3n) is 7.81. The lowest BCUT2D eigenvalue weighted by Gasteiger charge is -2.50. The zero-order valence-electron chi connectivity index (χ0n) is 19.8. The molecule has 3 aliphatic rings. The van der Waals surface area contributed by atoms with Gasteiger partial charge < -0.3 is 14.3 Å². The predicted octanol–water partition coefficient (Wildman–Crippen LogP) is 3.76. The minimum atomic E-state index is -2.73. The summed E-state index contributed by atoms with van der Waals surface area (Å²) in [6.07, 6.45) is 6.05. The SMILES string of the molecule is CC(C)(C)[Si](OC[C@@]12C=C[C@]3(CCC[C@H](O)[C@H]3C(=O)C1)O2)(c1ccccc1)c1ccccc1. The quantitative estimate of drug-likeness (QED) is 0.543. The Morgan fingerprint density at radius 2 is 1.64 bits per heavy atom. The van der Waals surface area contributed by atoms with Crippen molar-refractivity contribution in [3.05, 3.63) is 72.8 Å². The monoisotopic (exact) mass is 462 g/mol. The van der Waals surface area contributed by atoms with E-state index in [0.717, 1.165) is 12.8 Å². The maximum atomic E-state index is 13.2. The van der Waals surface area contributed by atoms with Gasteiger partial charge >= 0.3 is 0 Å². The molecule has 2 aliphatic heterocycles. The Hall–Kier alpha value is -2.05. The Bertz CT molecular complexity index is 1010. The smallest absolute Gasteiger partial charge is 0.261 e. The van der Waals surface area contributed by atoms with Gasteiger partial charge in [-0.15, -0.1) is 0 Å². The number of ketones is 1. The van der Waals surface area contributed by atoms with Crippen LogP contribution in [0, 0.1) is 5.92 Å². The van der Waals surface area contributed by atoms with E-state index in [4.69, 9.17) is 9.16 Å². The average Bonchev–Trinajstić information content (AvgIpc) is 3.07. The molecular weight excluding hydrogens is 428 g/mol. The van der Waals surface area contributed by atoms with Crippen molar-refractivity contribution in [1.29, 1.82) is 0 Å². The fourth-order valence-corrected chi connectivity index (χ4v) is 11.0. The Labute approximate surface area is 197 Å². The molecule has 2 fully saturated rings. The van der Waals surface area contributed by atoms with Crippen molar-refractivity contribution in [2.75, 3.05) is 6.61 Å². The number of carbonyl (C=O) groups excluding carboxylic acids is 1. The first kappa shape index (κ1) is 22.7. The zero-order valence-corrected chi connectivity index (χ0v) is 20.8. The number of ether oxygens (including phenoxy) is 1. The molecule has 4 nitrogen and oxygen atoms in total. The molecule has 4 atom stereocenters. The molecule has 1 spiro atoms. The van der Waals surface area contributed by atoms with Gasteiger partial charge in [0.1, 0.15) is 11.4 Å². The first-order chi connectivity index (χ1) is 15.7. The fourth-order valence-electron chi connectivity index (χ4n) is 6.38. The molecule has 174 valence electrons. The molecule has 1 N–H and O–H groups in total. The highest BCUT2D eigenvalue weighted by Gasteiger charge is 2.61. The van der Waals surface area contributed by atoms with Gasteiger partial charge in [-0.1, -0.05) is 93.6 Å². The molecule has 33 heavy (non-hydrogen) atoms. The molecule has 1 aliphatic carbocycles. The van der Waals surface area contributed by atoms with Crippen LogP contribution < -0.4 is 10.4 Å². The minimum absolute atomic E-state index is 0.101. The fraction of sp³-hybridized carbons (Fsp3) is 0.464. The molecule has 2 aromatic rings. The predicted molar refractivity (Wildman–Crippen MR) is 132 cm³/mol. The minimum Gasteiger partial charge on any atom is -0.404 e. The molecular formula is C28H34O4Si. The van der Waals surface area contributed by atoms with Gasteiger partial charge in [-0.2, -0.15) is 0 Å². The van der Waals surface area contributed by atoms with Crippen LogP contribution in [0.3, 0.4) is 0 Å². The number of benzene rings is 2. The van der Waals surface area contributed by atoms with Gasteiger partial charge in [-0.05, 0) is 34.7 Å². The third-order valence-corrected chi connectivity index (χ3v) is 12.8. The van der Waals surface area contributed by atoms with Gasteiger partial charge in [0.15, 0.2) is 0 Å². The normalized spacial score (nSPS) is 31.5. The standard InChI is InChI=1S/C28H34O4Si/c1-26(2,3)33(21-11-6-4-7-12-21,22-13-8-5-9-14-22)31-20-27-17-18-28(32-27)16-10-15-23(29)25(28)24(30)19-27/h4-9,11-14,17-18,23,25,29H,10,15-16,19-20H2,1-3H3/t23-,25-,27+,28-/m0/s1. The molecule has 2 aromatic carbocycles. The van der Waals surface area contributed by atoms with Crippen LogP contribution in [0.25, 0.3) is 0 Å². The molecule has 0 radical (unpaired) electrons. The summed E-state index contributed by atoms with van der Waals surface area (Å²) in [4.78, 5) is 13.2. The Balaban J connectivity index is 1.53. The molecule has 2 heterocycles. The average molecular weight is 463 g/mol. The second kappa shape index (κ2) is 8.02. The van der Waals surface area contributed by atoms with E-state index in [1.165, 1.54) is 10.4 Å². The van der Waals surface area contributed by atoms with Gasteiger partial charge in [0, 0.05) is 6.42 Å². The number of rotatable bonds is 5. The molecule has 1 saturated carbocycles. The summed E-state index contributed by atoms with van der Waals surface area (Å²) in [5, 5.41) is 12.9. The Kier molecular flexibility index (Phi) is 5.52. The maximum Gasteiger partial charge on any atom is 0.261 e. The highest BCUT2D eigenvalue weighted by Crippen LogP contribution is 2.52. The van der Waals surface area contributed by atoms with Crippen LogP contribution in [0.15, 0.2) is 72.8 Å². The van der Waals surface area contributed by atoms with E-state index in [2.05, 4.69) is 81.5 Å². The van der Waals surface area contributed by atoms with Gasteiger partial charge in [-0.3, -0.25) is 4.79 Å². The lowest BCUT2D eigenvalue weighted by molar-refractivity contribution is -0.200. The van der Waals surface area contributed by atoms with Crippen LogP contribution in [-0.2, 0) is 14.0 Å². The largest absolute Gasteiger partial charge is 0.404 e. The lowest BCUT2D eigenvalue weighted by Crippen LogP contribution is -2.68. The molecule has 0 amide bonds. The summed E-state index contributed by atoms with van der Waals surface area (Å²) in [5.74, 6) is -0.351. The summed E-state index contributed by atoms with van der Waals surface area (Å²) in [5.41, 5.74) is -1.44. The number of fused-ring (bicyclic) bond motifs is 1. The van der Waals surface area contributed by atoms with E-state index < -0.39 is 31.5 Å². The van der Waals surface area contributed by atoms with Crippen molar-refractivity contribution < 1.29 is 19.1 Å². The number of hydrogen-bond donors (Lipinski definition) is 1. The Morgan fingerprint density at radius 1 is 1.03 bits per heavy atom. The highest BCUT2D eigenvalue weighted by atomic mass is 28.4. The highest BCUT2D eigenvalue weighted by molar-refractivity contribution is 6.99. The molecule has 5 rings (SSSR count). The molecule has 5 heteroatoms. The summed E-state index contributed by atoms with van der Waals surface area (Å²) < 4.78 is 13.8. The second-order valence-corrected chi connectivity index (χ2v) is 15.3. The first-order valence-electron chi connectivity index (χ1n) is 12.1. The van der Waals surface area contributed by atoms with E-state index in [1.54, 1.807) is 0 Å². The van der Waals surface area contributed by atoms with E-state index in [1.807, 2.05) is 12.1 Å². The second-order valence-electron chi connectivity index (χ2n) is 11.0. The molecule has 0 aromatic heterocycles. The summed E-state index contributed by atoms with van der Waals surface area (Å²) in [6, 6.07) is 21.1. The van der Waals surface area contributed by atoms with Crippen molar-refractivity contribution in [3.8, 4) is 0 Å². The zero-order chi connectivity index (χ0) is 23.3. The molecule has 1 saturated heterocycles. The van der Waals surface area contributed by atoms with Crippen molar-refractivity contribution in [3.63, 3.8) is 0 Å². The van der Waals surface area contributed by atoms with Crippen LogP contribution in [-0.4, -0.2) is 43.1 Å². The van der Waals surface area contributed by atoms with Crippen LogP contribution in [0.2, 0.25) is 5.04 Å². The number of carbonyl (C=O) groups is 1. The lowest BCUT2D eigenvalue weighted by atomic mass is 9.69. The molecule has 0 unspecified atom stereocenters. The van der Waals surface area contributed by atoms with E-state index in [0.29, 0.717) is 13.0 Å². The summed E-state index contributed by atoms with van der Waals surface area (Å²) in [7, 11) is -2.73. The van der Waals surface area contributed by atoms with E-state index in [-0.39, 0.29) is 17.2 Å². The van der Waals surface area contributed by atoms with Gasteiger partial charge in [0.2, 0.25) is 0 Å². The van der Waals surface area contributed by atoms with Crippen LogP contribution in [0.5, 0.6) is 0 Å². The number of Topliss-reactive ketones (excluding diaryl/α,β-unsaturated/α-hetero) is 1. The molecule has 2 bridgehead atoms. The third kappa shape index (κ3) is 3.57. The van der Waals surface area contributed by atoms with Crippen LogP contribution >= 0.6 is 0 Å². The topological polar surface area (TPSA) is 55.8 Å².